The first-order chi connectivity index (χ1) is 8.29. The van der Waals surface area contributed by atoms with Gasteiger partial charge in [-0.1, -0.05) is 31.2 Å². The normalized spacial score (nSPS) is 18.6. The highest BCUT2D eigenvalue weighted by atomic mass is 14.7. The van der Waals surface area contributed by atoms with Gasteiger partial charge in [0.1, 0.15) is 0 Å². The summed E-state index contributed by atoms with van der Waals surface area (Å²) in [5.74, 6) is 0.873. The Labute approximate surface area is 105 Å². The molecule has 0 heterocycles. The van der Waals surface area contributed by atoms with Crippen molar-refractivity contribution in [1.82, 2.24) is 0 Å². The highest BCUT2D eigenvalue weighted by Crippen LogP contribution is 2.25. The number of rotatable bonds is 0. The third-order valence-electron chi connectivity index (χ3n) is 3.75. The second-order valence-electron chi connectivity index (χ2n) is 5.28. The minimum Gasteiger partial charge on any atom is -0.297 e. The highest BCUT2D eigenvalue weighted by molar-refractivity contribution is 5.85. The van der Waals surface area contributed by atoms with Crippen molar-refractivity contribution >= 4 is 5.71 Å². The first kappa shape index (κ1) is 12.3. The summed E-state index contributed by atoms with van der Waals surface area (Å²) in [6.07, 6.45) is 7.83. The maximum Gasteiger partial charge on any atom is 0.0276 e. The second-order valence-corrected chi connectivity index (χ2v) is 5.28. The fraction of sp³-hybridized carbons (Fsp3) is 0.562. The van der Waals surface area contributed by atoms with Gasteiger partial charge >= 0.3 is 0 Å². The van der Waals surface area contributed by atoms with Gasteiger partial charge in [-0.15, -0.1) is 0 Å². The lowest BCUT2D eigenvalue weighted by Crippen LogP contribution is -1.89. The minimum atomic E-state index is 0.873. The number of hydrogen-bond acceptors (Lipinski definition) is 1. The summed E-state index contributed by atoms with van der Waals surface area (Å²) in [5.41, 5.74) is 4.55. The smallest absolute Gasteiger partial charge is 0.0276 e. The summed E-state index contributed by atoms with van der Waals surface area (Å²) in [4.78, 5) is 4.10. The van der Waals surface area contributed by atoms with E-state index in [0.29, 0.717) is 0 Å². The first-order valence-corrected chi connectivity index (χ1v) is 6.81. The maximum atomic E-state index is 4.10. The Hall–Kier alpha value is -1.11. The van der Waals surface area contributed by atoms with E-state index in [2.05, 4.69) is 36.2 Å². The molecular weight excluding hydrogens is 206 g/mol. The predicted octanol–water partition coefficient (Wildman–Crippen LogP) is 4.05. The monoisotopic (exact) mass is 229 g/mol. The van der Waals surface area contributed by atoms with Crippen molar-refractivity contribution in [3.8, 4) is 0 Å². The summed E-state index contributed by atoms with van der Waals surface area (Å²) in [7, 11) is 1.89. The van der Waals surface area contributed by atoms with E-state index in [0.717, 1.165) is 5.92 Å². The SMILES string of the molecule is CC1Cc2ccccc2C1.CN=C1CCCC1. The zero-order chi connectivity index (χ0) is 12.1. The molecule has 1 saturated carbocycles. The molecule has 0 amide bonds. The molecule has 1 fully saturated rings. The summed E-state index contributed by atoms with van der Waals surface area (Å²) >= 11 is 0. The number of fused-ring (bicyclic) bond motifs is 1. The van der Waals surface area contributed by atoms with Gasteiger partial charge in [-0.3, -0.25) is 4.99 Å². The Morgan fingerprint density at radius 3 is 1.94 bits per heavy atom. The largest absolute Gasteiger partial charge is 0.297 e. The van der Waals surface area contributed by atoms with Crippen molar-refractivity contribution < 1.29 is 0 Å². The van der Waals surface area contributed by atoms with Crippen LogP contribution in [0.2, 0.25) is 0 Å². The molecule has 3 rings (SSSR count). The van der Waals surface area contributed by atoms with Crippen LogP contribution in [0.1, 0.15) is 43.7 Å². The minimum absolute atomic E-state index is 0.873. The highest BCUT2D eigenvalue weighted by Gasteiger charge is 2.15. The van der Waals surface area contributed by atoms with Crippen molar-refractivity contribution in [3.05, 3.63) is 35.4 Å². The molecule has 0 saturated heterocycles. The van der Waals surface area contributed by atoms with Gasteiger partial charge in [0.15, 0.2) is 0 Å². The number of benzene rings is 1. The van der Waals surface area contributed by atoms with Crippen LogP contribution in [0, 0.1) is 5.92 Å². The molecule has 0 unspecified atom stereocenters. The van der Waals surface area contributed by atoms with Crippen LogP contribution in [0.3, 0.4) is 0 Å². The van der Waals surface area contributed by atoms with Crippen molar-refractivity contribution in [1.29, 1.82) is 0 Å². The molecule has 0 radical (unpaired) electrons. The number of nitrogens with zero attached hydrogens (tertiary/aromatic N) is 1. The molecule has 1 heteroatoms. The van der Waals surface area contributed by atoms with Gasteiger partial charge in [0.25, 0.3) is 0 Å². The molecule has 2 aliphatic carbocycles. The van der Waals surface area contributed by atoms with Crippen LogP contribution in [0.15, 0.2) is 29.3 Å². The van der Waals surface area contributed by atoms with Gasteiger partial charge in [-0.05, 0) is 55.6 Å². The van der Waals surface area contributed by atoms with Crippen molar-refractivity contribution in [2.45, 2.75) is 45.4 Å². The van der Waals surface area contributed by atoms with E-state index in [-0.39, 0.29) is 0 Å². The van der Waals surface area contributed by atoms with Crippen LogP contribution >= 0.6 is 0 Å². The van der Waals surface area contributed by atoms with E-state index >= 15 is 0 Å². The number of aliphatic imine (C=N–C) groups is 1. The van der Waals surface area contributed by atoms with Crippen LogP contribution in [0.5, 0.6) is 0 Å². The predicted molar refractivity (Wildman–Crippen MR) is 74.8 cm³/mol. The molecule has 92 valence electrons. The summed E-state index contributed by atoms with van der Waals surface area (Å²) < 4.78 is 0. The lowest BCUT2D eigenvalue weighted by Gasteiger charge is -1.93. The summed E-state index contributed by atoms with van der Waals surface area (Å²) in [6, 6.07) is 8.77. The van der Waals surface area contributed by atoms with Gasteiger partial charge in [0.2, 0.25) is 0 Å². The quantitative estimate of drug-likeness (QED) is 0.636. The second kappa shape index (κ2) is 6.00. The van der Waals surface area contributed by atoms with Crippen LogP contribution in [-0.2, 0) is 12.8 Å². The molecule has 0 aliphatic heterocycles. The van der Waals surface area contributed by atoms with Crippen LogP contribution in [0.4, 0.5) is 0 Å². The topological polar surface area (TPSA) is 12.4 Å². The van der Waals surface area contributed by atoms with Gasteiger partial charge in [0.05, 0.1) is 0 Å². The average Bonchev–Trinajstić information content (AvgIpc) is 2.96. The molecule has 2 aliphatic rings. The fourth-order valence-electron chi connectivity index (χ4n) is 2.79. The van der Waals surface area contributed by atoms with Gasteiger partial charge in [0, 0.05) is 12.8 Å². The fourth-order valence-corrected chi connectivity index (χ4v) is 2.79. The lowest BCUT2D eigenvalue weighted by atomic mass is 10.1. The average molecular weight is 229 g/mol. The molecule has 0 aromatic heterocycles. The summed E-state index contributed by atoms with van der Waals surface area (Å²) in [6.45, 7) is 2.32. The van der Waals surface area contributed by atoms with E-state index in [4.69, 9.17) is 0 Å². The van der Waals surface area contributed by atoms with Gasteiger partial charge in [-0.25, -0.2) is 0 Å². The summed E-state index contributed by atoms with van der Waals surface area (Å²) in [5, 5.41) is 0. The van der Waals surface area contributed by atoms with Crippen LogP contribution in [-0.4, -0.2) is 12.8 Å². The van der Waals surface area contributed by atoms with Crippen molar-refractivity contribution in [3.63, 3.8) is 0 Å². The van der Waals surface area contributed by atoms with Crippen molar-refractivity contribution in [2.24, 2.45) is 10.9 Å². The molecule has 17 heavy (non-hydrogen) atoms. The van der Waals surface area contributed by atoms with Crippen LogP contribution in [0.25, 0.3) is 0 Å². The van der Waals surface area contributed by atoms with Crippen LogP contribution < -0.4 is 0 Å². The molecule has 1 aromatic rings. The third-order valence-corrected chi connectivity index (χ3v) is 3.75. The Morgan fingerprint density at radius 2 is 1.53 bits per heavy atom. The molecule has 0 N–H and O–H groups in total. The van der Waals surface area contributed by atoms with E-state index in [1.54, 1.807) is 11.1 Å². The molecule has 0 atom stereocenters. The Morgan fingerprint density at radius 1 is 1.00 bits per heavy atom. The van der Waals surface area contributed by atoms with E-state index in [9.17, 15) is 0 Å². The van der Waals surface area contributed by atoms with E-state index in [1.165, 1.54) is 44.2 Å². The maximum absolute atomic E-state index is 4.10. The molecular formula is C16H23N. The Balaban J connectivity index is 0.000000136. The third kappa shape index (κ3) is 3.42. The van der Waals surface area contributed by atoms with Gasteiger partial charge < -0.3 is 0 Å². The first-order valence-electron chi connectivity index (χ1n) is 6.81. The lowest BCUT2D eigenvalue weighted by molar-refractivity contribution is 0.628. The molecule has 1 nitrogen and oxygen atoms in total. The molecule has 0 spiro atoms. The molecule has 0 bridgehead atoms. The zero-order valence-electron chi connectivity index (χ0n) is 11.1. The zero-order valence-corrected chi connectivity index (χ0v) is 11.1. The van der Waals surface area contributed by atoms with E-state index < -0.39 is 0 Å². The Bertz CT molecular complexity index is 359. The van der Waals surface area contributed by atoms with Gasteiger partial charge in [-0.2, -0.15) is 0 Å². The van der Waals surface area contributed by atoms with Crippen molar-refractivity contribution in [2.75, 3.05) is 7.05 Å². The van der Waals surface area contributed by atoms with E-state index in [1.807, 2.05) is 7.05 Å². The standard InChI is InChI=1S/C10H12.C6H11N/c1-8-6-9-4-2-3-5-10(9)7-8;1-7-6-4-2-3-5-6/h2-5,8H,6-7H2,1H3;2-5H2,1H3. The molecule has 1 aromatic carbocycles. The number of hydrogen-bond donors (Lipinski definition) is 0. The Kier molecular flexibility index (Phi) is 4.36.